The first kappa shape index (κ1) is 21.9. The molecule has 1 N–H and O–H groups in total. The molecule has 0 aliphatic carbocycles. The number of carbonyl (C=O) groups is 1. The van der Waals surface area contributed by atoms with Crippen molar-refractivity contribution in [1.29, 1.82) is 0 Å². The molecule has 0 aliphatic rings. The third kappa shape index (κ3) is 5.86. The normalized spacial score (nSPS) is 11.1. The van der Waals surface area contributed by atoms with Gasteiger partial charge in [0.15, 0.2) is 11.0 Å². The predicted molar refractivity (Wildman–Crippen MR) is 118 cm³/mol. The monoisotopic (exact) mass is 425 g/mol. The van der Waals surface area contributed by atoms with E-state index in [1.54, 1.807) is 30.0 Å². The number of rotatable bonds is 10. The summed E-state index contributed by atoms with van der Waals surface area (Å²) >= 11 is 1.55. The summed E-state index contributed by atoms with van der Waals surface area (Å²) in [7, 11) is 0. The summed E-state index contributed by atoms with van der Waals surface area (Å²) in [5, 5.41) is 18.7. The number of nitrogens with zero attached hydrogens (tertiary/aromatic N) is 3. The van der Waals surface area contributed by atoms with E-state index < -0.39 is 5.97 Å². The van der Waals surface area contributed by atoms with E-state index in [4.69, 9.17) is 4.74 Å². The lowest BCUT2D eigenvalue weighted by Crippen LogP contribution is -2.12. The van der Waals surface area contributed by atoms with Crippen LogP contribution in [0.3, 0.4) is 0 Å². The SMILES string of the molecule is CCc1ccc(OCc2nnc(SCc3cccc(C(=O)O)c3)n2CC(C)C)cc1. The average molecular weight is 426 g/mol. The Morgan fingerprint density at radius 3 is 2.57 bits per heavy atom. The van der Waals surface area contributed by atoms with Crippen molar-refractivity contribution in [3.63, 3.8) is 0 Å². The number of ether oxygens (including phenoxy) is 1. The molecular weight excluding hydrogens is 398 g/mol. The number of hydrogen-bond donors (Lipinski definition) is 1. The molecule has 0 spiro atoms. The maximum Gasteiger partial charge on any atom is 0.335 e. The van der Waals surface area contributed by atoms with Gasteiger partial charge >= 0.3 is 5.97 Å². The summed E-state index contributed by atoms with van der Waals surface area (Å²) in [5.74, 6) is 1.72. The highest BCUT2D eigenvalue weighted by Gasteiger charge is 2.15. The summed E-state index contributed by atoms with van der Waals surface area (Å²) in [6, 6.07) is 15.1. The Balaban J connectivity index is 1.70. The molecule has 0 saturated heterocycles. The molecule has 0 bridgehead atoms. The van der Waals surface area contributed by atoms with Crippen LogP contribution in [0.5, 0.6) is 5.75 Å². The van der Waals surface area contributed by atoms with Crippen LogP contribution in [0.2, 0.25) is 0 Å². The van der Waals surface area contributed by atoms with E-state index in [2.05, 4.69) is 47.7 Å². The summed E-state index contributed by atoms with van der Waals surface area (Å²) < 4.78 is 8.03. The molecular formula is C23H27N3O3S. The molecule has 3 aromatic rings. The highest BCUT2D eigenvalue weighted by molar-refractivity contribution is 7.98. The first-order valence-corrected chi connectivity index (χ1v) is 11.0. The Labute approximate surface area is 181 Å². The number of carboxylic acid groups (broad SMARTS) is 1. The van der Waals surface area contributed by atoms with E-state index >= 15 is 0 Å². The van der Waals surface area contributed by atoms with Crippen LogP contribution in [0.1, 0.15) is 48.1 Å². The van der Waals surface area contributed by atoms with Crippen molar-refractivity contribution >= 4 is 17.7 Å². The van der Waals surface area contributed by atoms with Crippen molar-refractivity contribution in [2.24, 2.45) is 5.92 Å². The zero-order chi connectivity index (χ0) is 21.5. The second-order valence-corrected chi connectivity index (χ2v) is 8.43. The Morgan fingerprint density at radius 2 is 1.90 bits per heavy atom. The number of aromatic nitrogens is 3. The van der Waals surface area contributed by atoms with Gasteiger partial charge in [-0.15, -0.1) is 10.2 Å². The summed E-state index contributed by atoms with van der Waals surface area (Å²) in [6.45, 7) is 7.57. The lowest BCUT2D eigenvalue weighted by atomic mass is 10.1. The second-order valence-electron chi connectivity index (χ2n) is 7.48. The maximum atomic E-state index is 11.2. The first-order chi connectivity index (χ1) is 14.5. The summed E-state index contributed by atoms with van der Waals surface area (Å²) in [5.41, 5.74) is 2.50. The molecule has 30 heavy (non-hydrogen) atoms. The lowest BCUT2D eigenvalue weighted by molar-refractivity contribution is 0.0696. The van der Waals surface area contributed by atoms with Gasteiger partial charge < -0.3 is 14.4 Å². The number of aromatic carboxylic acids is 1. The largest absolute Gasteiger partial charge is 0.486 e. The van der Waals surface area contributed by atoms with Gasteiger partial charge in [0.1, 0.15) is 12.4 Å². The Bertz CT molecular complexity index is 984. The second kappa shape index (κ2) is 10.3. The van der Waals surface area contributed by atoms with Gasteiger partial charge in [0.05, 0.1) is 5.56 Å². The van der Waals surface area contributed by atoms with Crippen molar-refractivity contribution in [3.8, 4) is 5.75 Å². The first-order valence-electron chi connectivity index (χ1n) is 10.0. The fourth-order valence-corrected chi connectivity index (χ4v) is 3.90. The number of thioether (sulfide) groups is 1. The maximum absolute atomic E-state index is 11.2. The topological polar surface area (TPSA) is 77.2 Å². The molecule has 0 radical (unpaired) electrons. The van der Waals surface area contributed by atoms with Gasteiger partial charge in [-0.3, -0.25) is 0 Å². The Kier molecular flexibility index (Phi) is 7.52. The Hall–Kier alpha value is -2.80. The van der Waals surface area contributed by atoms with Crippen LogP contribution in [0.25, 0.3) is 0 Å². The van der Waals surface area contributed by atoms with E-state index in [-0.39, 0.29) is 0 Å². The lowest BCUT2D eigenvalue weighted by Gasteiger charge is -2.13. The summed E-state index contributed by atoms with van der Waals surface area (Å²) in [4.78, 5) is 11.2. The number of benzene rings is 2. The van der Waals surface area contributed by atoms with Crippen molar-refractivity contribution in [1.82, 2.24) is 14.8 Å². The molecule has 0 aliphatic heterocycles. The molecule has 158 valence electrons. The summed E-state index contributed by atoms with van der Waals surface area (Å²) in [6.07, 6.45) is 0.999. The van der Waals surface area contributed by atoms with Crippen LogP contribution in [0.4, 0.5) is 0 Å². The molecule has 0 amide bonds. The van der Waals surface area contributed by atoms with Gasteiger partial charge in [0.2, 0.25) is 0 Å². The zero-order valence-corrected chi connectivity index (χ0v) is 18.4. The highest BCUT2D eigenvalue weighted by Crippen LogP contribution is 2.24. The van der Waals surface area contributed by atoms with Crippen molar-refractivity contribution in [3.05, 3.63) is 71.0 Å². The van der Waals surface area contributed by atoms with E-state index in [9.17, 15) is 9.90 Å². The third-order valence-electron chi connectivity index (χ3n) is 4.58. The van der Waals surface area contributed by atoms with Gasteiger partial charge in [0, 0.05) is 12.3 Å². The van der Waals surface area contributed by atoms with Gasteiger partial charge in [-0.25, -0.2) is 4.79 Å². The number of hydrogen-bond acceptors (Lipinski definition) is 5. The minimum absolute atomic E-state index is 0.292. The molecule has 0 atom stereocenters. The molecule has 0 unspecified atom stereocenters. The Morgan fingerprint density at radius 1 is 1.13 bits per heavy atom. The molecule has 0 saturated carbocycles. The average Bonchev–Trinajstić information content (AvgIpc) is 3.12. The van der Waals surface area contributed by atoms with E-state index in [1.807, 2.05) is 18.2 Å². The van der Waals surface area contributed by atoms with Gasteiger partial charge in [-0.2, -0.15) is 0 Å². The van der Waals surface area contributed by atoms with Crippen LogP contribution in [-0.2, 0) is 25.3 Å². The fourth-order valence-electron chi connectivity index (χ4n) is 2.99. The fraction of sp³-hybridized carbons (Fsp3) is 0.348. The van der Waals surface area contributed by atoms with E-state index in [0.29, 0.717) is 23.8 Å². The zero-order valence-electron chi connectivity index (χ0n) is 17.5. The van der Waals surface area contributed by atoms with Crippen molar-refractivity contribution < 1.29 is 14.6 Å². The van der Waals surface area contributed by atoms with Gasteiger partial charge in [-0.1, -0.05) is 56.8 Å². The molecule has 0 fully saturated rings. The minimum atomic E-state index is -0.920. The van der Waals surface area contributed by atoms with Crippen molar-refractivity contribution in [2.75, 3.05) is 0 Å². The third-order valence-corrected chi connectivity index (χ3v) is 5.62. The van der Waals surface area contributed by atoms with Crippen LogP contribution in [0, 0.1) is 5.92 Å². The molecule has 1 heterocycles. The predicted octanol–water partition coefficient (Wildman–Crippen LogP) is 5.07. The minimum Gasteiger partial charge on any atom is -0.486 e. The van der Waals surface area contributed by atoms with E-state index in [1.165, 1.54) is 5.56 Å². The molecule has 2 aromatic carbocycles. The molecule has 1 aromatic heterocycles. The van der Waals surface area contributed by atoms with Gasteiger partial charge in [-0.05, 0) is 47.7 Å². The van der Waals surface area contributed by atoms with Crippen LogP contribution >= 0.6 is 11.8 Å². The number of carboxylic acids is 1. The standard InChI is InChI=1S/C23H27N3O3S/c1-4-17-8-10-20(11-9-17)29-14-21-24-25-23(26(21)13-16(2)3)30-15-18-6-5-7-19(12-18)22(27)28/h5-12,16H,4,13-15H2,1-3H3,(H,27,28). The van der Waals surface area contributed by atoms with Crippen molar-refractivity contribution in [2.45, 2.75) is 51.3 Å². The van der Waals surface area contributed by atoms with E-state index in [0.717, 1.165) is 35.3 Å². The van der Waals surface area contributed by atoms with Crippen LogP contribution < -0.4 is 4.74 Å². The van der Waals surface area contributed by atoms with Crippen LogP contribution in [0.15, 0.2) is 53.7 Å². The smallest absolute Gasteiger partial charge is 0.335 e. The molecule has 6 nitrogen and oxygen atoms in total. The van der Waals surface area contributed by atoms with Crippen LogP contribution in [-0.4, -0.2) is 25.8 Å². The molecule has 3 rings (SSSR count). The number of aryl methyl sites for hydroxylation is 1. The highest BCUT2D eigenvalue weighted by atomic mass is 32.2. The van der Waals surface area contributed by atoms with Gasteiger partial charge in [0.25, 0.3) is 0 Å². The molecule has 7 heteroatoms. The quantitative estimate of drug-likeness (QED) is 0.457.